The van der Waals surface area contributed by atoms with E-state index in [0.717, 1.165) is 45.3 Å². The zero-order valence-corrected chi connectivity index (χ0v) is 9.87. The second kappa shape index (κ2) is 5.48. The van der Waals surface area contributed by atoms with Crippen LogP contribution in [0, 0.1) is 16.7 Å². The highest BCUT2D eigenvalue weighted by Crippen LogP contribution is 2.21. The molecule has 0 aromatic carbocycles. The lowest BCUT2D eigenvalue weighted by Gasteiger charge is -2.30. The molecule has 1 fully saturated rings. The molecule has 0 aliphatic carbocycles. The summed E-state index contributed by atoms with van der Waals surface area (Å²) in [6.07, 6.45) is 3.76. The molecule has 0 aromatic rings. The molecule has 0 amide bonds. The quantitative estimate of drug-likeness (QED) is 0.769. The summed E-state index contributed by atoms with van der Waals surface area (Å²) >= 11 is 0. The van der Waals surface area contributed by atoms with Crippen molar-refractivity contribution < 1.29 is 5.11 Å². The van der Waals surface area contributed by atoms with Gasteiger partial charge in [-0.2, -0.15) is 5.26 Å². The molecule has 0 atom stereocenters. The fraction of sp³-hybridized carbons (Fsp3) is 0.917. The SMILES string of the molecule is CC(C)(C#N)CCCN1CCC(O)CC1. The molecular weight excluding hydrogens is 188 g/mol. The predicted molar refractivity (Wildman–Crippen MR) is 60.3 cm³/mol. The Hall–Kier alpha value is -0.590. The van der Waals surface area contributed by atoms with Gasteiger partial charge >= 0.3 is 0 Å². The standard InChI is InChI=1S/C12H22N2O/c1-12(2,10-13)6-3-7-14-8-4-11(15)5-9-14/h11,15H,3-9H2,1-2H3. The third-order valence-corrected chi connectivity index (χ3v) is 3.14. The molecule has 1 saturated heterocycles. The molecule has 0 bridgehead atoms. The molecular formula is C12H22N2O. The second-order valence-electron chi connectivity index (χ2n) is 5.17. The molecule has 0 spiro atoms. The minimum absolute atomic E-state index is 0.0863. The Balaban J connectivity index is 2.14. The average Bonchev–Trinajstić information content (AvgIpc) is 2.21. The van der Waals surface area contributed by atoms with E-state index in [1.807, 2.05) is 13.8 Å². The highest BCUT2D eigenvalue weighted by molar-refractivity contribution is 4.91. The predicted octanol–water partition coefficient (Wildman–Crippen LogP) is 1.77. The van der Waals surface area contributed by atoms with E-state index in [2.05, 4.69) is 11.0 Å². The maximum absolute atomic E-state index is 9.35. The molecule has 86 valence electrons. The molecule has 3 heteroatoms. The Morgan fingerprint density at radius 2 is 2.00 bits per heavy atom. The van der Waals surface area contributed by atoms with Gasteiger partial charge in [-0.1, -0.05) is 0 Å². The van der Waals surface area contributed by atoms with Gasteiger partial charge in [-0.3, -0.25) is 0 Å². The summed E-state index contributed by atoms with van der Waals surface area (Å²) in [5.74, 6) is 0. The summed E-state index contributed by atoms with van der Waals surface area (Å²) in [5.41, 5.74) is -0.185. The van der Waals surface area contributed by atoms with Crippen molar-refractivity contribution in [1.82, 2.24) is 4.90 Å². The molecule has 0 unspecified atom stereocenters. The van der Waals surface area contributed by atoms with Crippen LogP contribution < -0.4 is 0 Å². The molecule has 15 heavy (non-hydrogen) atoms. The summed E-state index contributed by atoms with van der Waals surface area (Å²) in [6, 6.07) is 2.33. The maximum atomic E-state index is 9.35. The zero-order valence-electron chi connectivity index (χ0n) is 9.87. The molecule has 0 aromatic heterocycles. The fourth-order valence-corrected chi connectivity index (χ4v) is 1.94. The van der Waals surface area contributed by atoms with Crippen LogP contribution in [-0.2, 0) is 0 Å². The van der Waals surface area contributed by atoms with Gasteiger partial charge in [0, 0.05) is 13.1 Å². The van der Waals surface area contributed by atoms with E-state index in [1.165, 1.54) is 0 Å². The van der Waals surface area contributed by atoms with Gasteiger partial charge < -0.3 is 10.0 Å². The summed E-state index contributed by atoms with van der Waals surface area (Å²) in [5, 5.41) is 18.2. The van der Waals surface area contributed by atoms with Crippen LogP contribution in [0.4, 0.5) is 0 Å². The van der Waals surface area contributed by atoms with Crippen molar-refractivity contribution in [1.29, 1.82) is 5.26 Å². The molecule has 0 radical (unpaired) electrons. The van der Waals surface area contributed by atoms with Gasteiger partial charge in [0.2, 0.25) is 0 Å². The number of nitrogens with zero attached hydrogens (tertiary/aromatic N) is 2. The van der Waals surface area contributed by atoms with Gasteiger partial charge in [-0.05, 0) is 46.1 Å². The summed E-state index contributed by atoms with van der Waals surface area (Å²) in [7, 11) is 0. The first kappa shape index (κ1) is 12.5. The van der Waals surface area contributed by atoms with E-state index in [1.54, 1.807) is 0 Å². The molecule has 1 aliphatic rings. The van der Waals surface area contributed by atoms with Crippen LogP contribution in [0.3, 0.4) is 0 Å². The second-order valence-corrected chi connectivity index (χ2v) is 5.17. The third-order valence-electron chi connectivity index (χ3n) is 3.14. The lowest BCUT2D eigenvalue weighted by atomic mass is 9.89. The van der Waals surface area contributed by atoms with Crippen LogP contribution in [0.5, 0.6) is 0 Å². The topological polar surface area (TPSA) is 47.3 Å². The normalized spacial score (nSPS) is 20.1. The fourth-order valence-electron chi connectivity index (χ4n) is 1.94. The molecule has 1 rings (SSSR count). The van der Waals surface area contributed by atoms with E-state index in [0.29, 0.717) is 0 Å². The van der Waals surface area contributed by atoms with Crippen molar-refractivity contribution in [3.8, 4) is 6.07 Å². The Bertz CT molecular complexity index is 224. The average molecular weight is 210 g/mol. The highest BCUT2D eigenvalue weighted by atomic mass is 16.3. The smallest absolute Gasteiger partial charge is 0.0683 e. The van der Waals surface area contributed by atoms with Crippen LogP contribution in [0.2, 0.25) is 0 Å². The third kappa shape index (κ3) is 4.63. The summed E-state index contributed by atoms with van der Waals surface area (Å²) in [6.45, 7) is 7.07. The van der Waals surface area contributed by atoms with Crippen molar-refractivity contribution in [3.63, 3.8) is 0 Å². The Kier molecular flexibility index (Phi) is 4.56. The van der Waals surface area contributed by atoms with Crippen LogP contribution in [0.25, 0.3) is 0 Å². The number of nitriles is 1. The number of hydrogen-bond donors (Lipinski definition) is 1. The monoisotopic (exact) mass is 210 g/mol. The lowest BCUT2D eigenvalue weighted by Crippen LogP contribution is -2.36. The first-order chi connectivity index (χ1) is 7.03. The van der Waals surface area contributed by atoms with Crippen molar-refractivity contribution in [3.05, 3.63) is 0 Å². The Labute approximate surface area is 92.7 Å². The number of aliphatic hydroxyl groups excluding tert-OH is 1. The highest BCUT2D eigenvalue weighted by Gasteiger charge is 2.19. The Morgan fingerprint density at radius 3 is 2.53 bits per heavy atom. The summed E-state index contributed by atoms with van der Waals surface area (Å²) in [4.78, 5) is 2.39. The minimum Gasteiger partial charge on any atom is -0.393 e. The van der Waals surface area contributed by atoms with E-state index in [9.17, 15) is 5.11 Å². The first-order valence-electron chi connectivity index (χ1n) is 5.85. The number of likely N-dealkylation sites (tertiary alicyclic amines) is 1. The van der Waals surface area contributed by atoms with Crippen LogP contribution >= 0.6 is 0 Å². The number of hydrogen-bond acceptors (Lipinski definition) is 3. The van der Waals surface area contributed by atoms with E-state index >= 15 is 0 Å². The van der Waals surface area contributed by atoms with E-state index < -0.39 is 0 Å². The first-order valence-corrected chi connectivity index (χ1v) is 5.85. The van der Waals surface area contributed by atoms with Crippen molar-refractivity contribution in [2.45, 2.75) is 45.6 Å². The minimum atomic E-state index is -0.185. The van der Waals surface area contributed by atoms with Crippen molar-refractivity contribution >= 4 is 0 Å². The van der Waals surface area contributed by atoms with E-state index in [-0.39, 0.29) is 11.5 Å². The Morgan fingerprint density at radius 1 is 1.40 bits per heavy atom. The number of piperidine rings is 1. The molecule has 1 aliphatic heterocycles. The summed E-state index contributed by atoms with van der Waals surface area (Å²) < 4.78 is 0. The van der Waals surface area contributed by atoms with Crippen LogP contribution in [0.15, 0.2) is 0 Å². The molecule has 0 saturated carbocycles. The van der Waals surface area contributed by atoms with Gasteiger partial charge in [0.1, 0.15) is 0 Å². The molecule has 1 N–H and O–H groups in total. The maximum Gasteiger partial charge on any atom is 0.0683 e. The van der Waals surface area contributed by atoms with Crippen LogP contribution in [0.1, 0.15) is 39.5 Å². The largest absolute Gasteiger partial charge is 0.393 e. The van der Waals surface area contributed by atoms with Crippen molar-refractivity contribution in [2.75, 3.05) is 19.6 Å². The number of rotatable bonds is 4. The van der Waals surface area contributed by atoms with Crippen LogP contribution in [-0.4, -0.2) is 35.7 Å². The lowest BCUT2D eigenvalue weighted by molar-refractivity contribution is 0.0809. The van der Waals surface area contributed by atoms with Gasteiger partial charge in [0.15, 0.2) is 0 Å². The van der Waals surface area contributed by atoms with Crippen molar-refractivity contribution in [2.24, 2.45) is 5.41 Å². The van der Waals surface area contributed by atoms with E-state index in [4.69, 9.17) is 5.26 Å². The van der Waals surface area contributed by atoms with Gasteiger partial charge in [-0.25, -0.2) is 0 Å². The molecule has 3 nitrogen and oxygen atoms in total. The van der Waals surface area contributed by atoms with Gasteiger partial charge in [0.25, 0.3) is 0 Å². The van der Waals surface area contributed by atoms with Gasteiger partial charge in [0.05, 0.1) is 17.6 Å². The molecule has 1 heterocycles. The zero-order chi connectivity index (χ0) is 11.3. The number of aliphatic hydroxyl groups is 1. The van der Waals surface area contributed by atoms with Gasteiger partial charge in [-0.15, -0.1) is 0 Å².